The summed E-state index contributed by atoms with van der Waals surface area (Å²) in [7, 11) is 1.81. The molecular formula is C13H22N2O2. The minimum absolute atomic E-state index is 0.0306. The summed E-state index contributed by atoms with van der Waals surface area (Å²) in [5, 5.41) is 9.33. The smallest absolute Gasteiger partial charge is 0.243 e. The lowest BCUT2D eigenvalue weighted by atomic mass is 9.80. The zero-order chi connectivity index (χ0) is 12.9. The van der Waals surface area contributed by atoms with Crippen LogP contribution in [0.4, 0.5) is 0 Å². The Morgan fingerprint density at radius 1 is 1.41 bits per heavy atom. The molecule has 0 atom stereocenters. The molecule has 0 aromatic heterocycles. The molecule has 0 aromatic rings. The fourth-order valence-electron chi connectivity index (χ4n) is 2.43. The van der Waals surface area contributed by atoms with Crippen molar-refractivity contribution < 1.29 is 9.53 Å². The van der Waals surface area contributed by atoms with Crippen LogP contribution in [-0.4, -0.2) is 37.1 Å². The number of hydrogen-bond donors (Lipinski definition) is 0. The Morgan fingerprint density at radius 2 is 1.94 bits per heavy atom. The first-order chi connectivity index (χ1) is 8.11. The van der Waals surface area contributed by atoms with E-state index in [0.29, 0.717) is 26.1 Å². The van der Waals surface area contributed by atoms with Gasteiger partial charge in [0.15, 0.2) is 0 Å². The Kier molecular flexibility index (Phi) is 4.95. The quantitative estimate of drug-likeness (QED) is 0.752. The summed E-state index contributed by atoms with van der Waals surface area (Å²) in [5.41, 5.74) is -0.852. The van der Waals surface area contributed by atoms with Gasteiger partial charge in [-0.15, -0.1) is 0 Å². The normalized spacial score (nSPS) is 18.8. The van der Waals surface area contributed by atoms with Crippen LogP contribution in [0.25, 0.3) is 0 Å². The molecule has 0 radical (unpaired) electrons. The van der Waals surface area contributed by atoms with E-state index in [1.165, 1.54) is 0 Å². The van der Waals surface area contributed by atoms with Crippen molar-refractivity contribution in [2.24, 2.45) is 5.41 Å². The second-order valence-corrected chi connectivity index (χ2v) is 4.69. The van der Waals surface area contributed by atoms with Crippen LogP contribution in [0.5, 0.6) is 0 Å². The van der Waals surface area contributed by atoms with Gasteiger partial charge in [-0.05, 0) is 25.7 Å². The van der Waals surface area contributed by atoms with Gasteiger partial charge in [0.2, 0.25) is 5.91 Å². The number of nitrogens with zero attached hydrogens (tertiary/aromatic N) is 2. The van der Waals surface area contributed by atoms with Crippen molar-refractivity contribution in [1.82, 2.24) is 4.90 Å². The van der Waals surface area contributed by atoms with Crippen molar-refractivity contribution in [1.29, 1.82) is 5.26 Å². The first-order valence-corrected chi connectivity index (χ1v) is 6.37. The molecule has 1 fully saturated rings. The average Bonchev–Trinajstić information content (AvgIpc) is 2.39. The number of ether oxygens (including phenoxy) is 1. The van der Waals surface area contributed by atoms with Crippen LogP contribution >= 0.6 is 0 Å². The van der Waals surface area contributed by atoms with Gasteiger partial charge >= 0.3 is 0 Å². The van der Waals surface area contributed by atoms with E-state index in [4.69, 9.17) is 4.74 Å². The molecule has 1 aliphatic heterocycles. The lowest BCUT2D eigenvalue weighted by Crippen LogP contribution is -2.48. The minimum atomic E-state index is -0.852. The highest BCUT2D eigenvalue weighted by Crippen LogP contribution is 2.32. The van der Waals surface area contributed by atoms with Gasteiger partial charge in [0.1, 0.15) is 5.41 Å². The third kappa shape index (κ3) is 2.78. The Morgan fingerprint density at radius 3 is 2.35 bits per heavy atom. The summed E-state index contributed by atoms with van der Waals surface area (Å²) in [4.78, 5) is 14.2. The fraction of sp³-hybridized carbons (Fsp3) is 0.846. The molecule has 0 spiro atoms. The average molecular weight is 238 g/mol. The van der Waals surface area contributed by atoms with Crippen LogP contribution in [0.2, 0.25) is 0 Å². The molecule has 96 valence electrons. The second kappa shape index (κ2) is 6.02. The zero-order valence-electron chi connectivity index (χ0n) is 11.0. The maximum Gasteiger partial charge on any atom is 0.243 e. The van der Waals surface area contributed by atoms with Crippen LogP contribution in [0.15, 0.2) is 0 Å². The Hall–Kier alpha value is -1.08. The minimum Gasteiger partial charge on any atom is -0.381 e. The largest absolute Gasteiger partial charge is 0.381 e. The highest BCUT2D eigenvalue weighted by Gasteiger charge is 2.43. The zero-order valence-corrected chi connectivity index (χ0v) is 11.0. The van der Waals surface area contributed by atoms with E-state index < -0.39 is 5.41 Å². The van der Waals surface area contributed by atoms with Crippen molar-refractivity contribution in [2.75, 3.05) is 20.3 Å². The Bertz CT molecular complexity index is 299. The van der Waals surface area contributed by atoms with Gasteiger partial charge < -0.3 is 9.64 Å². The molecular weight excluding hydrogens is 216 g/mol. The van der Waals surface area contributed by atoms with Crippen LogP contribution in [0.1, 0.15) is 39.5 Å². The molecule has 4 heteroatoms. The highest BCUT2D eigenvalue weighted by molar-refractivity contribution is 5.85. The monoisotopic (exact) mass is 238 g/mol. The number of rotatable bonds is 4. The molecule has 0 aromatic carbocycles. The van der Waals surface area contributed by atoms with E-state index in [0.717, 1.165) is 12.8 Å². The van der Waals surface area contributed by atoms with Crippen LogP contribution < -0.4 is 0 Å². The number of nitriles is 1. The van der Waals surface area contributed by atoms with Gasteiger partial charge in [-0.2, -0.15) is 5.26 Å². The van der Waals surface area contributed by atoms with Gasteiger partial charge in [-0.25, -0.2) is 0 Å². The molecule has 0 bridgehead atoms. The standard InChI is InChI=1S/C13H22N2O2/c1-4-11(5-2)15(3)12(16)13(10-14)6-8-17-9-7-13/h11H,4-9H2,1-3H3. The molecule has 0 N–H and O–H groups in total. The maximum atomic E-state index is 12.5. The lowest BCUT2D eigenvalue weighted by Gasteiger charge is -2.36. The van der Waals surface area contributed by atoms with E-state index in [-0.39, 0.29) is 11.9 Å². The van der Waals surface area contributed by atoms with E-state index in [2.05, 4.69) is 19.9 Å². The van der Waals surface area contributed by atoms with Gasteiger partial charge in [-0.1, -0.05) is 13.8 Å². The summed E-state index contributed by atoms with van der Waals surface area (Å²) in [6, 6.07) is 2.46. The predicted octanol–water partition coefficient (Wildman–Crippen LogP) is 1.95. The second-order valence-electron chi connectivity index (χ2n) is 4.69. The maximum absolute atomic E-state index is 12.5. The topological polar surface area (TPSA) is 53.3 Å². The molecule has 17 heavy (non-hydrogen) atoms. The summed E-state index contributed by atoms with van der Waals surface area (Å²) >= 11 is 0. The van der Waals surface area contributed by atoms with E-state index in [9.17, 15) is 10.1 Å². The summed E-state index contributed by atoms with van der Waals surface area (Å²) in [6.07, 6.45) is 2.90. The first-order valence-electron chi connectivity index (χ1n) is 6.37. The van der Waals surface area contributed by atoms with Gasteiger partial charge in [0.25, 0.3) is 0 Å². The molecule has 0 unspecified atom stereocenters. The van der Waals surface area contributed by atoms with Crippen molar-refractivity contribution in [3.63, 3.8) is 0 Å². The predicted molar refractivity (Wildman–Crippen MR) is 65.2 cm³/mol. The number of carbonyl (C=O) groups is 1. The van der Waals surface area contributed by atoms with Crippen molar-refractivity contribution in [3.8, 4) is 6.07 Å². The highest BCUT2D eigenvalue weighted by atomic mass is 16.5. The third-order valence-electron chi connectivity index (χ3n) is 3.78. The number of carbonyl (C=O) groups excluding carboxylic acids is 1. The summed E-state index contributed by atoms with van der Waals surface area (Å²) in [5.74, 6) is -0.0306. The number of hydrogen-bond acceptors (Lipinski definition) is 3. The molecule has 1 saturated heterocycles. The van der Waals surface area contributed by atoms with E-state index in [1.54, 1.807) is 4.90 Å². The summed E-state index contributed by atoms with van der Waals surface area (Å²) < 4.78 is 5.25. The van der Waals surface area contributed by atoms with Crippen molar-refractivity contribution in [2.45, 2.75) is 45.6 Å². The van der Waals surface area contributed by atoms with Crippen LogP contribution in [0, 0.1) is 16.7 Å². The van der Waals surface area contributed by atoms with E-state index in [1.807, 2.05) is 7.05 Å². The molecule has 1 aliphatic rings. The van der Waals surface area contributed by atoms with Crippen LogP contribution in [0.3, 0.4) is 0 Å². The lowest BCUT2D eigenvalue weighted by molar-refractivity contribution is -0.144. The Labute approximate surface area is 104 Å². The van der Waals surface area contributed by atoms with Gasteiger partial charge in [-0.3, -0.25) is 4.79 Å². The molecule has 1 rings (SSSR count). The van der Waals surface area contributed by atoms with Crippen LogP contribution in [-0.2, 0) is 9.53 Å². The van der Waals surface area contributed by atoms with Crippen molar-refractivity contribution in [3.05, 3.63) is 0 Å². The van der Waals surface area contributed by atoms with Gasteiger partial charge in [0.05, 0.1) is 6.07 Å². The molecule has 4 nitrogen and oxygen atoms in total. The fourth-order valence-corrected chi connectivity index (χ4v) is 2.43. The SMILES string of the molecule is CCC(CC)N(C)C(=O)C1(C#N)CCOCC1. The third-order valence-corrected chi connectivity index (χ3v) is 3.78. The molecule has 0 aliphatic carbocycles. The molecule has 1 amide bonds. The Balaban J connectivity index is 2.82. The van der Waals surface area contributed by atoms with Gasteiger partial charge in [0, 0.05) is 26.3 Å². The first kappa shape index (κ1) is 14.0. The molecule has 0 saturated carbocycles. The molecule has 1 heterocycles. The summed E-state index contributed by atoms with van der Waals surface area (Å²) in [6.45, 7) is 5.16. The van der Waals surface area contributed by atoms with E-state index >= 15 is 0 Å². The van der Waals surface area contributed by atoms with Crippen molar-refractivity contribution >= 4 is 5.91 Å². The number of amides is 1.